The monoisotopic (exact) mass is 244 g/mol. The van der Waals surface area contributed by atoms with Crippen LogP contribution in [0.4, 0.5) is 0 Å². The largest absolute Gasteiger partial charge is 1.00 e. The maximum Gasteiger partial charge on any atom is 1.00 e. The molecule has 88 valence electrons. The van der Waals surface area contributed by atoms with Crippen molar-refractivity contribution in [3.63, 3.8) is 0 Å². The molecule has 0 N–H and O–H groups in total. The van der Waals surface area contributed by atoms with Gasteiger partial charge in [0.2, 0.25) is 0 Å². The summed E-state index contributed by atoms with van der Waals surface area (Å²) in [6.07, 6.45) is 0. The first-order valence-corrected chi connectivity index (χ1v) is 6.23. The van der Waals surface area contributed by atoms with E-state index in [1.165, 1.54) is 32.3 Å². The number of benzene rings is 4. The molecule has 0 aliphatic rings. The average molecular weight is 244 g/mol. The van der Waals surface area contributed by atoms with E-state index in [1.807, 2.05) is 0 Å². The summed E-state index contributed by atoms with van der Waals surface area (Å²) in [4.78, 5) is 0. The summed E-state index contributed by atoms with van der Waals surface area (Å²) >= 11 is 0. The Bertz CT molecular complexity index is 671. The summed E-state index contributed by atoms with van der Waals surface area (Å²) < 4.78 is 0. The Morgan fingerprint density at radius 1 is 0.350 bits per heavy atom. The Labute approximate surface area is 145 Å². The molecule has 0 radical (unpaired) electrons. The van der Waals surface area contributed by atoms with Crippen LogP contribution in [0.25, 0.3) is 32.3 Å². The molecule has 0 aromatic heterocycles. The van der Waals surface area contributed by atoms with E-state index >= 15 is 0 Å². The second kappa shape index (κ2) is 6.09. The van der Waals surface area contributed by atoms with Crippen molar-refractivity contribution in [1.29, 1.82) is 0 Å². The van der Waals surface area contributed by atoms with Crippen molar-refractivity contribution < 1.29 is 40.6 Å². The zero-order valence-electron chi connectivity index (χ0n) is 13.9. The van der Waals surface area contributed by atoms with Crippen molar-refractivity contribution in [2.24, 2.45) is 0 Å². The van der Waals surface area contributed by atoms with E-state index in [9.17, 15) is 0 Å². The number of fused-ring (bicyclic) bond motifs is 6. The molecular weight excluding hydrogens is 230 g/mol. The smallest absolute Gasteiger partial charge is 1.00 e. The van der Waals surface area contributed by atoms with E-state index in [-0.39, 0.29) is 40.6 Å². The molecule has 0 aliphatic carbocycles. The minimum atomic E-state index is 0. The van der Waals surface area contributed by atoms with Gasteiger partial charge in [0.05, 0.1) is 0 Å². The van der Waals surface area contributed by atoms with Gasteiger partial charge in [-0.15, -0.1) is 0 Å². The van der Waals surface area contributed by atoms with Crippen LogP contribution in [0.2, 0.25) is 0 Å². The molecule has 0 saturated heterocycles. The van der Waals surface area contributed by atoms with Crippen molar-refractivity contribution in [2.45, 2.75) is 0 Å². The predicted octanol–water partition coefficient (Wildman–Crippen LogP) is -0.621. The summed E-state index contributed by atoms with van der Waals surface area (Å²) in [5.41, 5.74) is 0. The van der Waals surface area contributed by atoms with E-state index in [4.69, 9.17) is 0 Å². The first-order valence-electron chi connectivity index (χ1n) is 6.23. The molecule has 0 fully saturated rings. The second-order valence-electron chi connectivity index (χ2n) is 4.64. The molecule has 0 nitrogen and oxygen atoms in total. The zero-order chi connectivity index (χ0) is 11.9. The topological polar surface area (TPSA) is 0 Å². The summed E-state index contributed by atoms with van der Waals surface area (Å²) in [5, 5.41) is 8.04. The van der Waals surface area contributed by atoms with Gasteiger partial charge in [-0.2, -0.15) is 0 Å². The fourth-order valence-corrected chi connectivity index (χ4v) is 2.86. The zero-order valence-corrected chi connectivity index (χ0v) is 11.9. The van der Waals surface area contributed by atoms with Gasteiger partial charge in [0, 0.05) is 0 Å². The molecule has 0 spiro atoms. The van der Waals surface area contributed by atoms with Crippen LogP contribution in [0.15, 0.2) is 72.8 Å². The van der Waals surface area contributed by atoms with Crippen LogP contribution in [0.3, 0.4) is 0 Å². The Morgan fingerprint density at radius 2 is 0.500 bits per heavy atom. The molecule has 0 unspecified atom stereocenters. The Balaban J connectivity index is 0.00000110. The normalized spacial score (nSPS) is 10.2. The standard InChI is InChI=1S/C18H12.2Li.2H/c1-2-8-14-13(7-1)15-9-3-4-11-17(15)18-12-6-5-10-16(14)18;;;;/h1-12H;;;;/q;2*+1;2*-1. The van der Waals surface area contributed by atoms with Gasteiger partial charge in [-0.1, -0.05) is 72.8 Å². The second-order valence-corrected chi connectivity index (χ2v) is 4.64. The molecule has 0 aliphatic heterocycles. The van der Waals surface area contributed by atoms with E-state index in [0.717, 1.165) is 0 Å². The minimum Gasteiger partial charge on any atom is -1.00 e. The minimum absolute atomic E-state index is 0. The quantitative estimate of drug-likeness (QED) is 0.286. The fraction of sp³-hybridized carbons (Fsp3) is 0. The number of hydrogen-bond acceptors (Lipinski definition) is 0. The summed E-state index contributed by atoms with van der Waals surface area (Å²) in [7, 11) is 0. The summed E-state index contributed by atoms with van der Waals surface area (Å²) in [5.74, 6) is 0. The Hall–Kier alpha value is -1.15. The molecule has 0 atom stereocenters. The fourth-order valence-electron chi connectivity index (χ4n) is 2.86. The van der Waals surface area contributed by atoms with E-state index < -0.39 is 0 Å². The van der Waals surface area contributed by atoms with Crippen LogP contribution in [0.5, 0.6) is 0 Å². The Morgan fingerprint density at radius 3 is 0.650 bits per heavy atom. The molecule has 0 amide bonds. The van der Waals surface area contributed by atoms with Gasteiger partial charge >= 0.3 is 37.7 Å². The maximum absolute atomic E-state index is 2.21. The number of hydrogen-bond donors (Lipinski definition) is 0. The van der Waals surface area contributed by atoms with Gasteiger partial charge in [0.25, 0.3) is 0 Å². The molecule has 4 aromatic carbocycles. The van der Waals surface area contributed by atoms with E-state index in [1.54, 1.807) is 0 Å². The van der Waals surface area contributed by atoms with E-state index in [2.05, 4.69) is 72.8 Å². The van der Waals surface area contributed by atoms with E-state index in [0.29, 0.717) is 0 Å². The first kappa shape index (κ1) is 15.2. The third-order valence-electron chi connectivity index (χ3n) is 3.65. The summed E-state index contributed by atoms with van der Waals surface area (Å²) in [6, 6.07) is 26.0. The molecule has 0 saturated carbocycles. The average Bonchev–Trinajstić information content (AvgIpc) is 2.48. The first-order chi connectivity index (χ1) is 8.95. The molecule has 20 heavy (non-hydrogen) atoms. The van der Waals surface area contributed by atoms with Crippen LogP contribution < -0.4 is 37.7 Å². The predicted molar refractivity (Wildman–Crippen MR) is 81.2 cm³/mol. The van der Waals surface area contributed by atoms with Crippen LogP contribution in [0.1, 0.15) is 2.85 Å². The molecule has 2 heteroatoms. The van der Waals surface area contributed by atoms with Gasteiger partial charge in [0.1, 0.15) is 0 Å². The molecule has 4 rings (SSSR count). The molecule has 0 bridgehead atoms. The van der Waals surface area contributed by atoms with Crippen molar-refractivity contribution in [2.75, 3.05) is 0 Å². The van der Waals surface area contributed by atoms with Gasteiger partial charge in [-0.25, -0.2) is 0 Å². The van der Waals surface area contributed by atoms with Gasteiger partial charge in [-0.05, 0) is 32.3 Å². The molecular formula is C18H14Li2. The van der Waals surface area contributed by atoms with Crippen molar-refractivity contribution >= 4 is 32.3 Å². The third-order valence-corrected chi connectivity index (χ3v) is 3.65. The van der Waals surface area contributed by atoms with Crippen molar-refractivity contribution in [3.8, 4) is 0 Å². The van der Waals surface area contributed by atoms with Crippen molar-refractivity contribution in [3.05, 3.63) is 72.8 Å². The van der Waals surface area contributed by atoms with Crippen LogP contribution in [-0.2, 0) is 0 Å². The Kier molecular flexibility index (Phi) is 4.64. The van der Waals surface area contributed by atoms with Crippen LogP contribution in [-0.4, -0.2) is 0 Å². The van der Waals surface area contributed by atoms with Gasteiger partial charge < -0.3 is 2.85 Å². The maximum atomic E-state index is 2.21. The van der Waals surface area contributed by atoms with Crippen molar-refractivity contribution in [1.82, 2.24) is 0 Å². The third kappa shape index (κ3) is 2.20. The molecule has 4 aromatic rings. The summed E-state index contributed by atoms with van der Waals surface area (Å²) in [6.45, 7) is 0. The van der Waals surface area contributed by atoms with Crippen LogP contribution >= 0.6 is 0 Å². The van der Waals surface area contributed by atoms with Gasteiger partial charge in [0.15, 0.2) is 0 Å². The number of rotatable bonds is 0. The van der Waals surface area contributed by atoms with Gasteiger partial charge in [-0.3, -0.25) is 0 Å². The van der Waals surface area contributed by atoms with Crippen LogP contribution in [0, 0.1) is 0 Å². The molecule has 0 heterocycles. The SMILES string of the molecule is [H-].[H-].[Li+].[Li+].c1ccc2c(c1)c1ccccc1c1ccccc21.